The highest BCUT2D eigenvalue weighted by Crippen LogP contribution is 2.18. The Kier molecular flexibility index (Phi) is 7.64. The molecule has 164 valence electrons. The van der Waals surface area contributed by atoms with Gasteiger partial charge in [0.25, 0.3) is 5.91 Å². The smallest absolute Gasteiger partial charge is 0.257 e. The summed E-state index contributed by atoms with van der Waals surface area (Å²) in [6.45, 7) is 6.37. The second-order valence-corrected chi connectivity index (χ2v) is 8.92. The molecule has 2 heterocycles. The van der Waals surface area contributed by atoms with Crippen molar-refractivity contribution in [3.8, 4) is 0 Å². The number of hydrogen-bond acceptors (Lipinski definition) is 5. The van der Waals surface area contributed by atoms with Crippen molar-refractivity contribution in [3.63, 3.8) is 0 Å². The van der Waals surface area contributed by atoms with Crippen LogP contribution in [0.3, 0.4) is 0 Å². The molecule has 0 aliphatic heterocycles. The molecule has 0 aliphatic rings. The Balaban J connectivity index is 1.92. The van der Waals surface area contributed by atoms with E-state index in [-0.39, 0.29) is 23.6 Å². The summed E-state index contributed by atoms with van der Waals surface area (Å²) in [5.41, 5.74) is 2.98. The number of hydrogen-bond donors (Lipinski definition) is 1. The number of aryl methyl sites for hydroxylation is 3. The first kappa shape index (κ1) is 23.2. The number of aromatic nitrogens is 2. The van der Waals surface area contributed by atoms with Crippen molar-refractivity contribution in [1.29, 1.82) is 0 Å². The Labute approximate surface area is 190 Å². The molecule has 31 heavy (non-hydrogen) atoms. The van der Waals surface area contributed by atoms with E-state index in [0.29, 0.717) is 23.7 Å². The largest absolute Gasteiger partial charge is 0.378 e. The Morgan fingerprint density at radius 1 is 1.32 bits per heavy atom. The molecule has 0 fully saturated rings. The lowest BCUT2D eigenvalue weighted by molar-refractivity contribution is 0.0930. The lowest BCUT2D eigenvalue weighted by atomic mass is 10.1. The van der Waals surface area contributed by atoms with E-state index in [1.54, 1.807) is 7.11 Å². The summed E-state index contributed by atoms with van der Waals surface area (Å²) >= 11 is 7.62. The van der Waals surface area contributed by atoms with Gasteiger partial charge in [0.05, 0.1) is 29.0 Å². The van der Waals surface area contributed by atoms with E-state index in [2.05, 4.69) is 10.3 Å². The maximum Gasteiger partial charge on any atom is 0.257 e. The highest BCUT2D eigenvalue weighted by molar-refractivity contribution is 7.09. The predicted molar refractivity (Wildman–Crippen MR) is 124 cm³/mol. The summed E-state index contributed by atoms with van der Waals surface area (Å²) in [6.07, 6.45) is 0.705. The number of thiazole rings is 1. The lowest BCUT2D eigenvalue weighted by Crippen LogP contribution is -2.34. The maximum atomic E-state index is 13.1. The van der Waals surface area contributed by atoms with Gasteiger partial charge in [0.15, 0.2) is 5.43 Å². The Morgan fingerprint density at radius 2 is 2.10 bits per heavy atom. The number of rotatable bonds is 8. The van der Waals surface area contributed by atoms with Crippen LogP contribution in [0.25, 0.3) is 0 Å². The number of pyridine rings is 1. The number of halogens is 1. The molecule has 1 aromatic carbocycles. The Bertz CT molecular complexity index is 1140. The van der Waals surface area contributed by atoms with Crippen LogP contribution in [0.2, 0.25) is 5.02 Å². The average Bonchev–Trinajstić information content (AvgIpc) is 3.14. The van der Waals surface area contributed by atoms with Crippen LogP contribution in [-0.4, -0.2) is 22.6 Å². The third kappa shape index (κ3) is 5.61. The van der Waals surface area contributed by atoms with Gasteiger partial charge in [0.1, 0.15) is 5.56 Å². The van der Waals surface area contributed by atoms with Gasteiger partial charge in [-0.3, -0.25) is 9.59 Å². The van der Waals surface area contributed by atoms with Crippen LogP contribution >= 0.6 is 22.9 Å². The third-order valence-corrected chi connectivity index (χ3v) is 6.10. The minimum absolute atomic E-state index is 0.109. The first-order valence-corrected chi connectivity index (χ1v) is 11.3. The van der Waals surface area contributed by atoms with Crippen LogP contribution in [0.5, 0.6) is 0 Å². The zero-order valence-electron chi connectivity index (χ0n) is 18.1. The topological polar surface area (TPSA) is 73.2 Å². The molecule has 1 unspecified atom stereocenters. The molecule has 0 bridgehead atoms. The number of carbonyl (C=O) groups excluding carboxylic acids is 1. The first-order chi connectivity index (χ1) is 14.8. The van der Waals surface area contributed by atoms with Gasteiger partial charge in [-0.1, -0.05) is 23.7 Å². The van der Waals surface area contributed by atoms with E-state index in [0.717, 1.165) is 22.0 Å². The molecule has 2 aromatic heterocycles. The standard InChI is InChI=1S/C23H26ClN3O3S/c1-14-10-21(28)22(23(29)25-15(2)19-13-31-16(3)26-19)20(12-30-4)27(14)9-8-17-6-5-7-18(24)11-17/h5-7,10-11,13,15H,8-9,12H2,1-4H3,(H,25,29). The number of methoxy groups -OCH3 is 1. The molecule has 1 atom stereocenters. The van der Waals surface area contributed by atoms with Gasteiger partial charge in [0, 0.05) is 35.8 Å². The van der Waals surface area contributed by atoms with E-state index in [9.17, 15) is 9.59 Å². The quantitative estimate of drug-likeness (QED) is 0.540. The number of ether oxygens (including phenoxy) is 1. The van der Waals surface area contributed by atoms with Gasteiger partial charge in [-0.05, 0) is 44.9 Å². The van der Waals surface area contributed by atoms with Crippen LogP contribution in [0.1, 0.15) is 51.0 Å². The van der Waals surface area contributed by atoms with Crippen LogP contribution < -0.4 is 10.7 Å². The zero-order chi connectivity index (χ0) is 22.5. The lowest BCUT2D eigenvalue weighted by Gasteiger charge is -2.20. The summed E-state index contributed by atoms with van der Waals surface area (Å²) < 4.78 is 7.33. The van der Waals surface area contributed by atoms with Crippen LogP contribution in [-0.2, 0) is 24.3 Å². The van der Waals surface area contributed by atoms with E-state index in [1.807, 2.05) is 55.0 Å². The second kappa shape index (κ2) is 10.2. The Hall–Kier alpha value is -2.48. The van der Waals surface area contributed by atoms with E-state index in [1.165, 1.54) is 17.4 Å². The molecule has 0 saturated heterocycles. The summed E-state index contributed by atoms with van der Waals surface area (Å²) in [5.74, 6) is -0.424. The molecule has 0 radical (unpaired) electrons. The van der Waals surface area contributed by atoms with Gasteiger partial charge in [0.2, 0.25) is 0 Å². The van der Waals surface area contributed by atoms with Crippen molar-refractivity contribution in [1.82, 2.24) is 14.9 Å². The van der Waals surface area contributed by atoms with E-state index in [4.69, 9.17) is 16.3 Å². The Morgan fingerprint density at radius 3 is 2.74 bits per heavy atom. The SMILES string of the molecule is COCc1c(C(=O)NC(C)c2csc(C)n2)c(=O)cc(C)n1CCc1cccc(Cl)c1. The number of benzene rings is 1. The summed E-state index contributed by atoms with van der Waals surface area (Å²) in [6, 6.07) is 8.86. The minimum atomic E-state index is -0.424. The highest BCUT2D eigenvalue weighted by atomic mass is 35.5. The summed E-state index contributed by atoms with van der Waals surface area (Å²) in [4.78, 5) is 30.3. The molecule has 8 heteroatoms. The molecule has 0 aliphatic carbocycles. The van der Waals surface area contributed by atoms with Gasteiger partial charge in [-0.2, -0.15) is 0 Å². The fourth-order valence-corrected chi connectivity index (χ4v) is 4.45. The van der Waals surface area contributed by atoms with Gasteiger partial charge in [-0.25, -0.2) is 4.98 Å². The van der Waals surface area contributed by atoms with Crippen molar-refractivity contribution in [2.75, 3.05) is 7.11 Å². The minimum Gasteiger partial charge on any atom is -0.378 e. The molecule has 3 aromatic rings. The number of nitrogens with one attached hydrogen (secondary N) is 1. The van der Waals surface area contributed by atoms with Crippen LogP contribution in [0, 0.1) is 13.8 Å². The number of amides is 1. The van der Waals surface area contributed by atoms with Gasteiger partial charge < -0.3 is 14.6 Å². The average molecular weight is 460 g/mol. The van der Waals surface area contributed by atoms with Crippen molar-refractivity contribution < 1.29 is 9.53 Å². The molecular formula is C23H26ClN3O3S. The molecular weight excluding hydrogens is 434 g/mol. The monoisotopic (exact) mass is 459 g/mol. The third-order valence-electron chi connectivity index (χ3n) is 5.08. The number of nitrogens with zero attached hydrogens (tertiary/aromatic N) is 2. The van der Waals surface area contributed by atoms with Crippen molar-refractivity contribution in [3.05, 3.63) is 84.2 Å². The molecule has 1 amide bonds. The van der Waals surface area contributed by atoms with Crippen molar-refractivity contribution in [2.45, 2.75) is 46.4 Å². The van der Waals surface area contributed by atoms with Crippen LogP contribution in [0.15, 0.2) is 40.5 Å². The molecule has 1 N–H and O–H groups in total. The van der Waals surface area contributed by atoms with Crippen molar-refractivity contribution in [2.24, 2.45) is 0 Å². The van der Waals surface area contributed by atoms with Crippen molar-refractivity contribution >= 4 is 28.8 Å². The maximum absolute atomic E-state index is 13.1. The van der Waals surface area contributed by atoms with E-state index >= 15 is 0 Å². The summed E-state index contributed by atoms with van der Waals surface area (Å²) in [7, 11) is 1.55. The first-order valence-electron chi connectivity index (χ1n) is 9.99. The fraction of sp³-hybridized carbons (Fsp3) is 0.348. The molecule has 6 nitrogen and oxygen atoms in total. The normalized spacial score (nSPS) is 12.0. The highest BCUT2D eigenvalue weighted by Gasteiger charge is 2.22. The fourth-order valence-electron chi connectivity index (χ4n) is 3.53. The van der Waals surface area contributed by atoms with Gasteiger partial charge >= 0.3 is 0 Å². The zero-order valence-corrected chi connectivity index (χ0v) is 19.6. The molecule has 0 spiro atoms. The van der Waals surface area contributed by atoms with E-state index < -0.39 is 5.91 Å². The molecule has 3 rings (SSSR count). The molecule has 0 saturated carbocycles. The second-order valence-electron chi connectivity index (χ2n) is 7.42. The van der Waals surface area contributed by atoms with Crippen LogP contribution in [0.4, 0.5) is 0 Å². The predicted octanol–water partition coefficient (Wildman–Crippen LogP) is 4.46. The number of carbonyl (C=O) groups is 1. The summed E-state index contributed by atoms with van der Waals surface area (Å²) in [5, 5.41) is 6.43. The van der Waals surface area contributed by atoms with Gasteiger partial charge in [-0.15, -0.1) is 11.3 Å².